The Hall–Kier alpha value is -1.40. The number of hydrogen-bond acceptors (Lipinski definition) is 4. The van der Waals surface area contributed by atoms with E-state index >= 15 is 0 Å². The molecule has 0 aliphatic rings. The molecule has 0 atom stereocenters. The fourth-order valence-corrected chi connectivity index (χ4v) is 1.02. The van der Waals surface area contributed by atoms with Gasteiger partial charge in [0.25, 0.3) is 0 Å². The number of amides is 1. The second-order valence-corrected chi connectivity index (χ2v) is 2.76. The van der Waals surface area contributed by atoms with E-state index in [2.05, 4.69) is 4.98 Å². The summed E-state index contributed by atoms with van der Waals surface area (Å²) in [6.45, 7) is 0.772. The maximum atomic E-state index is 10.3. The van der Waals surface area contributed by atoms with Crippen LogP contribution in [0.1, 0.15) is 5.69 Å². The molecule has 14 heavy (non-hydrogen) atoms. The van der Waals surface area contributed by atoms with Crippen LogP contribution in [0.3, 0.4) is 0 Å². The van der Waals surface area contributed by atoms with E-state index in [0.29, 0.717) is 18.8 Å². The van der Waals surface area contributed by atoms with Crippen molar-refractivity contribution in [1.82, 2.24) is 9.55 Å². The molecular formula is C8H13N3O3. The summed E-state index contributed by atoms with van der Waals surface area (Å²) in [5.74, 6) is -0.488. The van der Waals surface area contributed by atoms with Crippen LogP contribution in [0.5, 0.6) is 0 Å². The molecule has 6 nitrogen and oxygen atoms in total. The Morgan fingerprint density at radius 2 is 2.50 bits per heavy atom. The molecule has 0 aliphatic carbocycles. The first-order valence-corrected chi connectivity index (χ1v) is 4.20. The van der Waals surface area contributed by atoms with Crippen LogP contribution in [0.15, 0.2) is 12.5 Å². The van der Waals surface area contributed by atoms with Crippen molar-refractivity contribution < 1.29 is 14.6 Å². The fraction of sp³-hybridized carbons (Fsp3) is 0.500. The van der Waals surface area contributed by atoms with Gasteiger partial charge in [0.05, 0.1) is 31.4 Å². The van der Waals surface area contributed by atoms with Crippen molar-refractivity contribution in [3.05, 3.63) is 18.2 Å². The lowest BCUT2D eigenvalue weighted by Gasteiger charge is -2.05. The van der Waals surface area contributed by atoms with E-state index in [0.717, 1.165) is 0 Å². The van der Waals surface area contributed by atoms with E-state index in [1.165, 1.54) is 0 Å². The van der Waals surface area contributed by atoms with Crippen LogP contribution in [0, 0.1) is 0 Å². The van der Waals surface area contributed by atoms with Crippen LogP contribution in [0.25, 0.3) is 0 Å². The third-order valence-electron chi connectivity index (χ3n) is 1.68. The third kappa shape index (κ3) is 3.15. The number of aromatic nitrogens is 2. The fourth-order valence-electron chi connectivity index (χ4n) is 1.02. The zero-order chi connectivity index (χ0) is 10.4. The minimum Gasteiger partial charge on any atom is -0.390 e. The zero-order valence-corrected chi connectivity index (χ0v) is 7.72. The SMILES string of the molecule is NC(=O)COCCn1cncc1CO. The van der Waals surface area contributed by atoms with Gasteiger partial charge in [-0.05, 0) is 0 Å². The molecule has 0 saturated carbocycles. The Bertz CT molecular complexity index is 298. The van der Waals surface area contributed by atoms with E-state index in [9.17, 15) is 4.79 Å². The predicted octanol–water partition coefficient (Wildman–Crippen LogP) is -1.12. The Labute approximate surface area is 81.3 Å². The van der Waals surface area contributed by atoms with Crippen LogP contribution in [-0.4, -0.2) is 33.8 Å². The number of nitrogens with zero attached hydrogens (tertiary/aromatic N) is 2. The summed E-state index contributed by atoms with van der Waals surface area (Å²) in [4.78, 5) is 14.2. The number of carbonyl (C=O) groups excluding carboxylic acids is 1. The highest BCUT2D eigenvalue weighted by molar-refractivity contribution is 5.74. The molecular weight excluding hydrogens is 186 g/mol. The van der Waals surface area contributed by atoms with Crippen molar-refractivity contribution in [3.8, 4) is 0 Å². The zero-order valence-electron chi connectivity index (χ0n) is 7.72. The predicted molar refractivity (Wildman–Crippen MR) is 48.2 cm³/mol. The lowest BCUT2D eigenvalue weighted by Crippen LogP contribution is -2.19. The Balaban J connectivity index is 2.27. The Kier molecular flexibility index (Phi) is 4.09. The molecule has 1 heterocycles. The summed E-state index contributed by atoms with van der Waals surface area (Å²) in [6, 6.07) is 0. The van der Waals surface area contributed by atoms with Gasteiger partial charge in [-0.3, -0.25) is 4.79 Å². The number of nitrogens with two attached hydrogens (primary N) is 1. The van der Waals surface area contributed by atoms with Gasteiger partial charge in [-0.2, -0.15) is 0 Å². The van der Waals surface area contributed by atoms with E-state index < -0.39 is 5.91 Å². The minimum atomic E-state index is -0.488. The van der Waals surface area contributed by atoms with Crippen molar-refractivity contribution in [1.29, 1.82) is 0 Å². The molecule has 0 saturated heterocycles. The molecule has 0 radical (unpaired) electrons. The van der Waals surface area contributed by atoms with Crippen molar-refractivity contribution in [2.75, 3.05) is 13.2 Å². The van der Waals surface area contributed by atoms with Gasteiger partial charge < -0.3 is 20.1 Å². The second-order valence-electron chi connectivity index (χ2n) is 2.76. The van der Waals surface area contributed by atoms with Crippen LogP contribution in [0.4, 0.5) is 0 Å². The number of aliphatic hydroxyl groups is 1. The van der Waals surface area contributed by atoms with Crippen molar-refractivity contribution in [3.63, 3.8) is 0 Å². The monoisotopic (exact) mass is 199 g/mol. The molecule has 0 bridgehead atoms. The molecule has 78 valence electrons. The van der Waals surface area contributed by atoms with E-state index in [1.54, 1.807) is 17.1 Å². The molecule has 1 amide bonds. The van der Waals surface area contributed by atoms with Gasteiger partial charge in [-0.15, -0.1) is 0 Å². The lowest BCUT2D eigenvalue weighted by molar-refractivity contribution is -0.122. The van der Waals surface area contributed by atoms with E-state index in [4.69, 9.17) is 15.6 Å². The highest BCUT2D eigenvalue weighted by atomic mass is 16.5. The number of rotatable bonds is 6. The van der Waals surface area contributed by atoms with E-state index in [1.807, 2.05) is 0 Å². The first kappa shape index (κ1) is 10.7. The molecule has 1 aromatic rings. The quantitative estimate of drug-likeness (QED) is 0.568. The number of primary amides is 1. The van der Waals surface area contributed by atoms with Crippen LogP contribution in [-0.2, 0) is 22.7 Å². The summed E-state index contributed by atoms with van der Waals surface area (Å²) in [6.07, 6.45) is 3.17. The number of aliphatic hydroxyl groups excluding tert-OH is 1. The molecule has 1 rings (SSSR count). The summed E-state index contributed by atoms with van der Waals surface area (Å²) in [5.41, 5.74) is 5.60. The standard InChI is InChI=1S/C8H13N3O3/c9-8(13)5-14-2-1-11-6-10-3-7(11)4-12/h3,6,12H,1-2,4-5H2,(H2,9,13). The number of imidazole rings is 1. The molecule has 0 aliphatic heterocycles. The van der Waals surface area contributed by atoms with Crippen molar-refractivity contribution >= 4 is 5.91 Å². The van der Waals surface area contributed by atoms with Gasteiger partial charge in [0.2, 0.25) is 5.91 Å². The highest BCUT2D eigenvalue weighted by Crippen LogP contribution is 1.98. The average molecular weight is 199 g/mol. The van der Waals surface area contributed by atoms with E-state index in [-0.39, 0.29) is 13.2 Å². The summed E-state index contributed by atoms with van der Waals surface area (Å²) in [5, 5.41) is 8.88. The number of carbonyl (C=O) groups is 1. The van der Waals surface area contributed by atoms with Crippen molar-refractivity contribution in [2.45, 2.75) is 13.2 Å². The first-order chi connectivity index (χ1) is 6.74. The molecule has 0 aromatic carbocycles. The van der Waals surface area contributed by atoms with Gasteiger partial charge in [0.1, 0.15) is 6.61 Å². The smallest absolute Gasteiger partial charge is 0.243 e. The normalized spacial score (nSPS) is 10.4. The Morgan fingerprint density at radius 3 is 3.14 bits per heavy atom. The largest absolute Gasteiger partial charge is 0.390 e. The highest BCUT2D eigenvalue weighted by Gasteiger charge is 2.00. The maximum Gasteiger partial charge on any atom is 0.243 e. The minimum absolute atomic E-state index is 0.0597. The van der Waals surface area contributed by atoms with Crippen LogP contribution in [0.2, 0.25) is 0 Å². The summed E-state index contributed by atoms with van der Waals surface area (Å²) in [7, 11) is 0. The molecule has 1 aromatic heterocycles. The first-order valence-electron chi connectivity index (χ1n) is 4.20. The topological polar surface area (TPSA) is 90.4 Å². The summed E-state index contributed by atoms with van der Waals surface area (Å²) >= 11 is 0. The molecule has 3 N–H and O–H groups in total. The van der Waals surface area contributed by atoms with Crippen LogP contribution < -0.4 is 5.73 Å². The maximum absolute atomic E-state index is 10.3. The van der Waals surface area contributed by atoms with Crippen LogP contribution >= 0.6 is 0 Å². The van der Waals surface area contributed by atoms with Gasteiger partial charge in [-0.1, -0.05) is 0 Å². The summed E-state index contributed by atoms with van der Waals surface area (Å²) < 4.78 is 6.71. The number of hydrogen-bond donors (Lipinski definition) is 2. The molecule has 0 unspecified atom stereocenters. The molecule has 6 heteroatoms. The van der Waals surface area contributed by atoms with Gasteiger partial charge in [-0.25, -0.2) is 4.98 Å². The number of ether oxygens (including phenoxy) is 1. The molecule has 0 spiro atoms. The Morgan fingerprint density at radius 1 is 1.71 bits per heavy atom. The van der Waals surface area contributed by atoms with Gasteiger partial charge in [0.15, 0.2) is 0 Å². The second kappa shape index (κ2) is 5.36. The van der Waals surface area contributed by atoms with Crippen molar-refractivity contribution in [2.24, 2.45) is 5.73 Å². The molecule has 0 fully saturated rings. The van der Waals surface area contributed by atoms with Gasteiger partial charge in [0, 0.05) is 6.54 Å². The average Bonchev–Trinajstić information content (AvgIpc) is 2.59. The third-order valence-corrected chi connectivity index (χ3v) is 1.68. The lowest BCUT2D eigenvalue weighted by atomic mass is 10.5. The van der Waals surface area contributed by atoms with Gasteiger partial charge >= 0.3 is 0 Å².